The summed E-state index contributed by atoms with van der Waals surface area (Å²) < 4.78 is 27.1. The molecule has 33 heavy (non-hydrogen) atoms. The maximum Gasteiger partial charge on any atom is 0.264 e. The van der Waals surface area contributed by atoms with Crippen LogP contribution in [-0.4, -0.2) is 21.4 Å². The standard InChI is InChI=1S/C27H24N2O3S/c1-18-6-15-23(16-7-18)33(31,32)29(2)22-13-10-21(11-14-22)27(30)28-25-17-12-20-9-8-19-4-3-5-24(25)26(19)20/h3-7,10-17H,8-9H2,1-2H3,(H,28,30). The van der Waals surface area contributed by atoms with Crippen molar-refractivity contribution in [1.29, 1.82) is 0 Å². The Labute approximate surface area is 193 Å². The van der Waals surface area contributed by atoms with E-state index in [4.69, 9.17) is 0 Å². The van der Waals surface area contributed by atoms with Crippen LogP contribution in [0.4, 0.5) is 11.4 Å². The second kappa shape index (κ2) is 8.05. The number of benzene rings is 4. The van der Waals surface area contributed by atoms with Gasteiger partial charge in [-0.3, -0.25) is 9.10 Å². The van der Waals surface area contributed by atoms with Crippen LogP contribution in [0.2, 0.25) is 0 Å². The highest BCUT2D eigenvalue weighted by molar-refractivity contribution is 7.92. The fourth-order valence-electron chi connectivity index (χ4n) is 4.38. The molecule has 0 saturated carbocycles. The van der Waals surface area contributed by atoms with Crippen molar-refractivity contribution in [2.45, 2.75) is 24.7 Å². The molecule has 1 N–H and O–H groups in total. The fourth-order valence-corrected chi connectivity index (χ4v) is 5.58. The molecule has 0 spiro atoms. The van der Waals surface area contributed by atoms with E-state index in [1.807, 2.05) is 25.1 Å². The number of carbonyl (C=O) groups excluding carboxylic acids is 1. The summed E-state index contributed by atoms with van der Waals surface area (Å²) in [5.41, 5.74) is 5.36. The molecule has 0 heterocycles. The molecule has 0 aromatic heterocycles. The quantitative estimate of drug-likeness (QED) is 0.442. The summed E-state index contributed by atoms with van der Waals surface area (Å²) in [4.78, 5) is 13.2. The lowest BCUT2D eigenvalue weighted by molar-refractivity contribution is 0.102. The summed E-state index contributed by atoms with van der Waals surface area (Å²) in [6, 6.07) is 23.6. The van der Waals surface area contributed by atoms with Gasteiger partial charge in [0.1, 0.15) is 0 Å². The van der Waals surface area contributed by atoms with Gasteiger partial charge in [-0.2, -0.15) is 0 Å². The summed E-state index contributed by atoms with van der Waals surface area (Å²) in [6.07, 6.45) is 2.06. The first kappa shape index (κ1) is 21.2. The van der Waals surface area contributed by atoms with E-state index >= 15 is 0 Å². The van der Waals surface area contributed by atoms with Crippen molar-refractivity contribution in [3.8, 4) is 0 Å². The molecule has 4 aromatic carbocycles. The van der Waals surface area contributed by atoms with Gasteiger partial charge in [0.25, 0.3) is 15.9 Å². The number of amides is 1. The minimum Gasteiger partial charge on any atom is -0.321 e. The number of carbonyl (C=O) groups is 1. The Bertz CT molecular complexity index is 1460. The van der Waals surface area contributed by atoms with Crippen molar-refractivity contribution in [3.05, 3.63) is 101 Å². The molecule has 6 heteroatoms. The highest BCUT2D eigenvalue weighted by Gasteiger charge is 2.22. The number of sulfonamides is 1. The molecule has 0 saturated heterocycles. The van der Waals surface area contributed by atoms with Crippen LogP contribution < -0.4 is 9.62 Å². The molecule has 1 aliphatic rings. The van der Waals surface area contributed by atoms with Crippen LogP contribution in [0.15, 0.2) is 83.8 Å². The Morgan fingerprint density at radius 3 is 2.21 bits per heavy atom. The molecule has 1 aliphatic carbocycles. The molecule has 4 aromatic rings. The molecular weight excluding hydrogens is 432 g/mol. The highest BCUT2D eigenvalue weighted by Crippen LogP contribution is 2.35. The van der Waals surface area contributed by atoms with Crippen molar-refractivity contribution in [3.63, 3.8) is 0 Å². The van der Waals surface area contributed by atoms with Crippen LogP contribution in [0.25, 0.3) is 10.8 Å². The topological polar surface area (TPSA) is 66.5 Å². The number of nitrogens with one attached hydrogen (secondary N) is 1. The summed E-state index contributed by atoms with van der Waals surface area (Å²) >= 11 is 0. The molecule has 0 fully saturated rings. The van der Waals surface area contributed by atoms with Gasteiger partial charge in [0.15, 0.2) is 0 Å². The highest BCUT2D eigenvalue weighted by atomic mass is 32.2. The second-order valence-electron chi connectivity index (χ2n) is 8.40. The van der Waals surface area contributed by atoms with Crippen LogP contribution in [0.1, 0.15) is 27.0 Å². The normalized spacial score (nSPS) is 12.7. The molecule has 5 rings (SSSR count). The van der Waals surface area contributed by atoms with Crippen molar-refractivity contribution >= 4 is 38.1 Å². The van der Waals surface area contributed by atoms with Crippen LogP contribution in [-0.2, 0) is 22.9 Å². The van der Waals surface area contributed by atoms with E-state index in [2.05, 4.69) is 17.4 Å². The SMILES string of the molecule is Cc1ccc(S(=O)(=O)N(C)c2ccc(C(=O)Nc3ccc4c5c(cccc35)CC4)cc2)cc1. The first-order valence-corrected chi connectivity index (χ1v) is 12.3. The van der Waals surface area contributed by atoms with Gasteiger partial charge in [-0.05, 0) is 78.7 Å². The van der Waals surface area contributed by atoms with Crippen LogP contribution in [0.5, 0.6) is 0 Å². The molecular formula is C27H24N2O3S. The van der Waals surface area contributed by atoms with Crippen molar-refractivity contribution in [1.82, 2.24) is 0 Å². The smallest absolute Gasteiger partial charge is 0.264 e. The average molecular weight is 457 g/mol. The van der Waals surface area contributed by atoms with E-state index in [-0.39, 0.29) is 10.8 Å². The van der Waals surface area contributed by atoms with Gasteiger partial charge in [-0.25, -0.2) is 8.42 Å². The number of aryl methyl sites for hydroxylation is 3. The second-order valence-corrected chi connectivity index (χ2v) is 10.4. The molecule has 0 radical (unpaired) electrons. The lowest BCUT2D eigenvalue weighted by atomic mass is 10.0. The van der Waals surface area contributed by atoms with E-state index in [9.17, 15) is 13.2 Å². The fraction of sp³-hybridized carbons (Fsp3) is 0.148. The summed E-state index contributed by atoms with van der Waals surface area (Å²) in [5, 5.41) is 5.32. The Hall–Kier alpha value is -3.64. The monoisotopic (exact) mass is 456 g/mol. The average Bonchev–Trinajstić information content (AvgIpc) is 3.25. The first-order valence-electron chi connectivity index (χ1n) is 10.8. The van der Waals surface area contributed by atoms with Gasteiger partial charge >= 0.3 is 0 Å². The van der Waals surface area contributed by atoms with Gasteiger partial charge in [-0.15, -0.1) is 0 Å². The number of rotatable bonds is 5. The Kier molecular flexibility index (Phi) is 5.17. The zero-order valence-corrected chi connectivity index (χ0v) is 19.3. The van der Waals surface area contributed by atoms with Crippen LogP contribution in [0.3, 0.4) is 0 Å². The van der Waals surface area contributed by atoms with Crippen LogP contribution >= 0.6 is 0 Å². The Morgan fingerprint density at radius 2 is 1.52 bits per heavy atom. The molecule has 5 nitrogen and oxygen atoms in total. The molecule has 0 atom stereocenters. The summed E-state index contributed by atoms with van der Waals surface area (Å²) in [5.74, 6) is -0.232. The van der Waals surface area contributed by atoms with E-state index in [0.29, 0.717) is 11.3 Å². The zero-order chi connectivity index (χ0) is 23.2. The van der Waals surface area contributed by atoms with Gasteiger partial charge in [0.05, 0.1) is 10.6 Å². The molecule has 0 unspecified atom stereocenters. The Morgan fingerprint density at radius 1 is 0.848 bits per heavy atom. The van der Waals surface area contributed by atoms with Gasteiger partial charge in [0.2, 0.25) is 0 Å². The largest absolute Gasteiger partial charge is 0.321 e. The third-order valence-corrected chi connectivity index (χ3v) is 8.10. The van der Waals surface area contributed by atoms with Gasteiger partial charge in [-0.1, -0.05) is 42.0 Å². The van der Waals surface area contributed by atoms with E-state index < -0.39 is 10.0 Å². The van der Waals surface area contributed by atoms with Crippen LogP contribution in [0, 0.1) is 6.92 Å². The predicted octanol–water partition coefficient (Wildman–Crippen LogP) is 5.32. The van der Waals surface area contributed by atoms with Crippen molar-refractivity contribution in [2.75, 3.05) is 16.7 Å². The molecule has 0 bridgehead atoms. The summed E-state index contributed by atoms with van der Waals surface area (Å²) in [6.45, 7) is 1.91. The number of hydrogen-bond acceptors (Lipinski definition) is 3. The molecule has 0 aliphatic heterocycles. The minimum absolute atomic E-state index is 0.226. The third-order valence-electron chi connectivity index (χ3n) is 6.30. The molecule has 1 amide bonds. The minimum atomic E-state index is -3.68. The van der Waals surface area contributed by atoms with Crippen molar-refractivity contribution in [2.24, 2.45) is 0 Å². The molecule has 166 valence electrons. The van der Waals surface area contributed by atoms with E-state index in [1.54, 1.807) is 48.5 Å². The van der Waals surface area contributed by atoms with Crippen molar-refractivity contribution < 1.29 is 13.2 Å². The van der Waals surface area contributed by atoms with E-state index in [0.717, 1.165) is 29.5 Å². The third kappa shape index (κ3) is 3.76. The Balaban J connectivity index is 1.37. The lowest BCUT2D eigenvalue weighted by Gasteiger charge is -2.20. The summed E-state index contributed by atoms with van der Waals surface area (Å²) in [7, 11) is -2.17. The van der Waals surface area contributed by atoms with E-state index in [1.165, 1.54) is 27.9 Å². The maximum atomic E-state index is 12.9. The number of hydrogen-bond donors (Lipinski definition) is 1. The maximum absolute atomic E-state index is 12.9. The van der Waals surface area contributed by atoms with Gasteiger partial charge < -0.3 is 5.32 Å². The lowest BCUT2D eigenvalue weighted by Crippen LogP contribution is -2.26. The number of anilines is 2. The zero-order valence-electron chi connectivity index (χ0n) is 18.5. The number of nitrogens with zero attached hydrogens (tertiary/aromatic N) is 1. The predicted molar refractivity (Wildman–Crippen MR) is 133 cm³/mol. The van der Waals surface area contributed by atoms with Gasteiger partial charge in [0, 0.05) is 23.7 Å². The first-order chi connectivity index (χ1) is 15.8.